The van der Waals surface area contributed by atoms with Gasteiger partial charge in [0.05, 0.1) is 0 Å². The molecule has 0 atom stereocenters. The van der Waals surface area contributed by atoms with Crippen LogP contribution in [-0.2, 0) is 0 Å². The minimum absolute atomic E-state index is 0. The first-order valence-electron chi connectivity index (χ1n) is 2.41. The van der Waals surface area contributed by atoms with Crippen molar-refractivity contribution < 1.29 is 11.0 Å². The smallest absolute Gasteiger partial charge is 0.00772 e. The summed E-state index contributed by atoms with van der Waals surface area (Å²) in [6, 6.07) is 0. The fourth-order valence-corrected chi connectivity index (χ4v) is 0.604. The van der Waals surface area contributed by atoms with E-state index in [1.165, 1.54) is 0 Å². The van der Waals surface area contributed by atoms with E-state index in [1.807, 2.05) is 0 Å². The Labute approximate surface area is 61.0 Å². The van der Waals surface area contributed by atoms with Crippen LogP contribution in [0.5, 0.6) is 0 Å². The van der Waals surface area contributed by atoms with E-state index in [9.17, 15) is 0 Å². The molecule has 0 bridgehead atoms. The normalized spacial score (nSPS) is 16.0. The molecule has 60 valence electrons. The third kappa shape index (κ3) is 8.13. The lowest BCUT2D eigenvalue weighted by Gasteiger charge is -2.11. The summed E-state index contributed by atoms with van der Waals surface area (Å²) in [6.07, 6.45) is 0. The summed E-state index contributed by atoms with van der Waals surface area (Å²) in [4.78, 5) is 0. The highest BCUT2D eigenvalue weighted by Crippen LogP contribution is 1.65. The number of nitrogens with one attached hydrogen (secondary N) is 2. The van der Waals surface area contributed by atoms with Crippen molar-refractivity contribution in [3.8, 4) is 0 Å². The molecule has 6 N–H and O–H groups in total. The van der Waals surface area contributed by atoms with Gasteiger partial charge in [-0.05, 0) is 0 Å². The van der Waals surface area contributed by atoms with E-state index in [0.29, 0.717) is 0 Å². The Balaban J connectivity index is -0.000000120. The largest absolute Gasteiger partial charge is 0.412 e. The molecule has 0 spiro atoms. The third-order valence-corrected chi connectivity index (χ3v) is 0.957. The van der Waals surface area contributed by atoms with Crippen LogP contribution < -0.4 is 10.6 Å². The van der Waals surface area contributed by atoms with Gasteiger partial charge < -0.3 is 21.6 Å². The Morgan fingerprint density at radius 3 is 1.00 bits per heavy atom. The topological polar surface area (TPSA) is 87.1 Å². The minimum atomic E-state index is 0. The Morgan fingerprint density at radius 2 is 0.889 bits per heavy atom. The van der Waals surface area contributed by atoms with Gasteiger partial charge in [0.15, 0.2) is 0 Å². The molecule has 5 heteroatoms. The minimum Gasteiger partial charge on any atom is -0.412 e. The lowest BCUT2D eigenvalue weighted by atomic mass is 10.4. The van der Waals surface area contributed by atoms with Crippen molar-refractivity contribution in [1.29, 1.82) is 0 Å². The molecule has 1 rings (SSSR count). The molecular formula is C4H15ClN2O2. The lowest BCUT2D eigenvalue weighted by Crippen LogP contribution is -2.39. The monoisotopic (exact) mass is 158 g/mol. The zero-order valence-electron chi connectivity index (χ0n) is 5.24. The highest BCUT2D eigenvalue weighted by atomic mass is 35.5. The molecular weight excluding hydrogens is 144 g/mol. The molecule has 0 aliphatic carbocycles. The highest BCUT2D eigenvalue weighted by Gasteiger charge is 1.91. The number of hydrogen-bond acceptors (Lipinski definition) is 2. The Hall–Kier alpha value is 0.130. The van der Waals surface area contributed by atoms with E-state index >= 15 is 0 Å². The Bertz CT molecular complexity index is 32.0. The molecule has 4 nitrogen and oxygen atoms in total. The zero-order chi connectivity index (χ0) is 4.24. The summed E-state index contributed by atoms with van der Waals surface area (Å²) in [6.45, 7) is 4.56. The summed E-state index contributed by atoms with van der Waals surface area (Å²) in [5.74, 6) is 0. The summed E-state index contributed by atoms with van der Waals surface area (Å²) in [5.41, 5.74) is 0. The zero-order valence-corrected chi connectivity index (χ0v) is 6.05. The van der Waals surface area contributed by atoms with Crippen LogP contribution in [0, 0.1) is 0 Å². The van der Waals surface area contributed by atoms with Crippen LogP contribution in [0.2, 0.25) is 0 Å². The number of hydrogen-bond donors (Lipinski definition) is 2. The van der Waals surface area contributed by atoms with Gasteiger partial charge in [0.2, 0.25) is 0 Å². The van der Waals surface area contributed by atoms with Crippen molar-refractivity contribution in [2.45, 2.75) is 0 Å². The van der Waals surface area contributed by atoms with Crippen LogP contribution in [0.1, 0.15) is 0 Å². The summed E-state index contributed by atoms with van der Waals surface area (Å²) < 4.78 is 0. The van der Waals surface area contributed by atoms with Gasteiger partial charge in [-0.25, -0.2) is 0 Å². The molecule has 1 saturated heterocycles. The van der Waals surface area contributed by atoms with Gasteiger partial charge in [0, 0.05) is 26.2 Å². The standard InChI is InChI=1S/C4H10N2.ClH.2H2O/c1-2-6-4-3-5-1;;;/h5-6H,1-4H2;1H;2*1H2. The van der Waals surface area contributed by atoms with Gasteiger partial charge >= 0.3 is 0 Å². The maximum absolute atomic E-state index is 3.22. The van der Waals surface area contributed by atoms with Crippen LogP contribution in [0.4, 0.5) is 0 Å². The van der Waals surface area contributed by atoms with E-state index in [4.69, 9.17) is 0 Å². The predicted octanol–water partition coefficient (Wildman–Crippen LogP) is -2.05. The maximum atomic E-state index is 3.22. The van der Waals surface area contributed by atoms with E-state index in [-0.39, 0.29) is 23.4 Å². The molecule has 0 radical (unpaired) electrons. The third-order valence-electron chi connectivity index (χ3n) is 0.957. The van der Waals surface area contributed by atoms with Crippen molar-refractivity contribution in [2.75, 3.05) is 26.2 Å². The molecule has 0 amide bonds. The van der Waals surface area contributed by atoms with Gasteiger partial charge in [-0.3, -0.25) is 0 Å². The number of halogens is 1. The first kappa shape index (κ1) is 16.1. The summed E-state index contributed by atoms with van der Waals surface area (Å²) in [5, 5.41) is 6.44. The number of piperazine rings is 1. The highest BCUT2D eigenvalue weighted by molar-refractivity contribution is 5.85. The van der Waals surface area contributed by atoms with Crippen LogP contribution in [0.25, 0.3) is 0 Å². The average Bonchev–Trinajstić information content (AvgIpc) is 1.72. The molecule has 0 saturated carbocycles. The molecule has 1 aliphatic heterocycles. The van der Waals surface area contributed by atoms with Crippen molar-refractivity contribution in [1.82, 2.24) is 10.6 Å². The van der Waals surface area contributed by atoms with Gasteiger partial charge in [0.25, 0.3) is 0 Å². The fourth-order valence-electron chi connectivity index (χ4n) is 0.604. The van der Waals surface area contributed by atoms with Crippen LogP contribution >= 0.6 is 12.4 Å². The SMILES string of the molecule is C1CNCCN1.Cl.O.O. The fraction of sp³-hybridized carbons (Fsp3) is 1.00. The first-order chi connectivity index (χ1) is 3.00. The Morgan fingerprint density at radius 1 is 0.667 bits per heavy atom. The lowest BCUT2D eigenvalue weighted by molar-refractivity contribution is 0.534. The van der Waals surface area contributed by atoms with Crippen molar-refractivity contribution in [3.05, 3.63) is 0 Å². The second-order valence-electron chi connectivity index (χ2n) is 1.50. The van der Waals surface area contributed by atoms with Crippen LogP contribution in [0.15, 0.2) is 0 Å². The van der Waals surface area contributed by atoms with Crippen molar-refractivity contribution >= 4 is 12.4 Å². The summed E-state index contributed by atoms with van der Waals surface area (Å²) in [7, 11) is 0. The van der Waals surface area contributed by atoms with Crippen molar-refractivity contribution in [3.63, 3.8) is 0 Å². The molecule has 1 heterocycles. The van der Waals surface area contributed by atoms with Gasteiger partial charge in [0.1, 0.15) is 0 Å². The first-order valence-corrected chi connectivity index (χ1v) is 2.41. The number of rotatable bonds is 0. The Kier molecular flexibility index (Phi) is 19.6. The van der Waals surface area contributed by atoms with Gasteiger partial charge in [-0.2, -0.15) is 0 Å². The van der Waals surface area contributed by atoms with Crippen molar-refractivity contribution in [2.24, 2.45) is 0 Å². The van der Waals surface area contributed by atoms with Gasteiger partial charge in [-0.15, -0.1) is 12.4 Å². The molecule has 0 aromatic rings. The quantitative estimate of drug-likeness (QED) is 0.425. The molecule has 1 aliphatic rings. The predicted molar refractivity (Wildman–Crippen MR) is 40.2 cm³/mol. The average molecular weight is 159 g/mol. The van der Waals surface area contributed by atoms with E-state index in [1.54, 1.807) is 0 Å². The second kappa shape index (κ2) is 11.0. The second-order valence-corrected chi connectivity index (χ2v) is 1.50. The molecule has 1 fully saturated rings. The van der Waals surface area contributed by atoms with Gasteiger partial charge in [-0.1, -0.05) is 0 Å². The maximum Gasteiger partial charge on any atom is 0.00772 e. The molecule has 0 aromatic carbocycles. The molecule has 0 aromatic heterocycles. The summed E-state index contributed by atoms with van der Waals surface area (Å²) >= 11 is 0. The molecule has 0 unspecified atom stereocenters. The molecule has 9 heavy (non-hydrogen) atoms. The van der Waals surface area contributed by atoms with Crippen LogP contribution in [0.3, 0.4) is 0 Å². The van der Waals surface area contributed by atoms with E-state index < -0.39 is 0 Å². The van der Waals surface area contributed by atoms with E-state index in [2.05, 4.69) is 10.6 Å². The van der Waals surface area contributed by atoms with Crippen LogP contribution in [-0.4, -0.2) is 37.1 Å². The van der Waals surface area contributed by atoms with E-state index in [0.717, 1.165) is 26.2 Å².